The maximum atomic E-state index is 14.3. The molecule has 1 atom stereocenters. The molecular formula is C33H35ClFN7O7. The molecule has 2 aromatic carbocycles. The Balaban J connectivity index is 1.48. The van der Waals surface area contributed by atoms with E-state index in [-0.39, 0.29) is 22.6 Å². The van der Waals surface area contributed by atoms with Gasteiger partial charge in [0.05, 0.1) is 34.8 Å². The predicted molar refractivity (Wildman–Crippen MR) is 181 cm³/mol. The number of aromatic nitrogens is 2. The largest absolute Gasteiger partial charge is 0.494 e. The highest BCUT2D eigenvalue weighted by atomic mass is 35.5. The van der Waals surface area contributed by atoms with E-state index in [4.69, 9.17) is 25.8 Å². The molecule has 1 unspecified atom stereocenters. The molecule has 1 aromatic heterocycles. The molecule has 14 nitrogen and oxygen atoms in total. The van der Waals surface area contributed by atoms with E-state index in [0.29, 0.717) is 47.4 Å². The molecule has 0 spiro atoms. The van der Waals surface area contributed by atoms with Gasteiger partial charge in [-0.3, -0.25) is 4.79 Å². The van der Waals surface area contributed by atoms with Gasteiger partial charge in [-0.05, 0) is 58.6 Å². The van der Waals surface area contributed by atoms with Crippen LogP contribution in [0.3, 0.4) is 0 Å². The van der Waals surface area contributed by atoms with Crippen LogP contribution < -0.4 is 25.6 Å². The summed E-state index contributed by atoms with van der Waals surface area (Å²) in [6, 6.07) is 7.70. The third-order valence-electron chi connectivity index (χ3n) is 7.76. The lowest BCUT2D eigenvalue weighted by Gasteiger charge is -2.26. The van der Waals surface area contributed by atoms with Gasteiger partial charge in [-0.25, -0.2) is 19.0 Å². The van der Waals surface area contributed by atoms with Gasteiger partial charge in [-0.1, -0.05) is 11.6 Å². The number of nitrogens with zero attached hydrogens (tertiary/aromatic N) is 4. The molecule has 2 aliphatic rings. The van der Waals surface area contributed by atoms with Crippen LogP contribution >= 0.6 is 11.6 Å². The van der Waals surface area contributed by atoms with E-state index < -0.39 is 35.0 Å². The summed E-state index contributed by atoms with van der Waals surface area (Å²) in [5.74, 6) is -3.01. The Hall–Kier alpha value is -5.25. The highest BCUT2D eigenvalue weighted by molar-refractivity contribution is 6.31. The van der Waals surface area contributed by atoms with Crippen molar-refractivity contribution in [3.8, 4) is 5.75 Å². The van der Waals surface area contributed by atoms with Crippen molar-refractivity contribution in [2.24, 2.45) is 0 Å². The first-order chi connectivity index (χ1) is 23.2. The average molecular weight is 696 g/mol. The zero-order valence-electron chi connectivity index (χ0n) is 27.3. The van der Waals surface area contributed by atoms with Crippen LogP contribution in [-0.2, 0) is 29.5 Å². The number of rotatable bonds is 10. The summed E-state index contributed by atoms with van der Waals surface area (Å²) in [6.07, 6.45) is 4.86. The van der Waals surface area contributed by atoms with E-state index in [9.17, 15) is 23.9 Å². The zero-order chi connectivity index (χ0) is 35.5. The molecule has 2 aliphatic heterocycles. The molecule has 0 bridgehead atoms. The second-order valence-electron chi connectivity index (χ2n) is 11.9. The number of methoxy groups -OCH3 is 1. The molecule has 4 N–H and O–H groups in total. The van der Waals surface area contributed by atoms with E-state index in [1.54, 1.807) is 18.2 Å². The smallest absolute Gasteiger partial charge is 0.336 e. The van der Waals surface area contributed by atoms with Gasteiger partial charge < -0.3 is 45.1 Å². The number of amides is 1. The lowest BCUT2D eigenvalue weighted by atomic mass is 9.96. The van der Waals surface area contributed by atoms with E-state index in [0.717, 1.165) is 30.9 Å². The summed E-state index contributed by atoms with van der Waals surface area (Å²) in [4.78, 5) is 50.2. The average Bonchev–Trinajstić information content (AvgIpc) is 3.53. The molecule has 0 radical (unpaired) electrons. The molecule has 3 aromatic rings. The van der Waals surface area contributed by atoms with Gasteiger partial charge in [0.2, 0.25) is 11.7 Å². The van der Waals surface area contributed by atoms with Crippen molar-refractivity contribution in [3.05, 3.63) is 77.1 Å². The van der Waals surface area contributed by atoms with Gasteiger partial charge in [0.15, 0.2) is 0 Å². The fourth-order valence-corrected chi connectivity index (χ4v) is 5.38. The molecule has 1 saturated heterocycles. The first kappa shape index (κ1) is 35.1. The van der Waals surface area contributed by atoms with Crippen LogP contribution in [0.4, 0.5) is 38.9 Å². The number of carbonyl (C=O) groups excluding carboxylic acids is 3. The van der Waals surface area contributed by atoms with Gasteiger partial charge in [-0.2, -0.15) is 4.98 Å². The summed E-state index contributed by atoms with van der Waals surface area (Å²) in [5.41, 5.74) is 0.499. The Morgan fingerprint density at radius 2 is 1.88 bits per heavy atom. The number of hydrogen-bond acceptors (Lipinski definition) is 13. The van der Waals surface area contributed by atoms with Crippen LogP contribution in [0.25, 0.3) is 0 Å². The molecule has 3 heterocycles. The maximum absolute atomic E-state index is 14.3. The van der Waals surface area contributed by atoms with Gasteiger partial charge in [0.25, 0.3) is 5.91 Å². The molecule has 0 aliphatic carbocycles. The minimum atomic E-state index is -1.40. The minimum absolute atomic E-state index is 0.121. The highest BCUT2D eigenvalue weighted by Gasteiger charge is 2.29. The third kappa shape index (κ3) is 8.43. The maximum Gasteiger partial charge on any atom is 0.336 e. The number of hydrogen-bond donors (Lipinski definition) is 4. The first-order valence-corrected chi connectivity index (χ1v) is 15.4. The second kappa shape index (κ2) is 14.5. The standard InChI is InChI=1S/C33H35ClFN7O7/c1-33(2,46)19-12-21(35)20(34)13-22(19)37-28-8-10-36-32(40-28)39-24-14-23(38-31(45)27-17-48-29(43)6-7-30(44)49-27)25(15-26(24)47-5)42-11-9-18(16-42)41(3)4/h6-8,10,12-15,17-18,46H,9,11,16H2,1-5H3,(H,38,45)(H2,36,37,39,40)/b7-6+,27-17-. The number of carbonyl (C=O) groups is 3. The van der Waals surface area contributed by atoms with Gasteiger partial charge >= 0.3 is 11.9 Å². The number of benzene rings is 2. The number of nitrogens with one attached hydrogen (secondary N) is 3. The lowest BCUT2D eigenvalue weighted by Crippen LogP contribution is -2.32. The van der Waals surface area contributed by atoms with E-state index in [1.165, 1.54) is 33.2 Å². The van der Waals surface area contributed by atoms with Gasteiger partial charge in [0, 0.05) is 54.8 Å². The van der Waals surface area contributed by atoms with Gasteiger partial charge in [-0.15, -0.1) is 0 Å². The minimum Gasteiger partial charge on any atom is -0.494 e. The molecular weight excluding hydrogens is 661 g/mol. The predicted octanol–water partition coefficient (Wildman–Crippen LogP) is 4.57. The van der Waals surface area contributed by atoms with Crippen molar-refractivity contribution < 1.29 is 38.1 Å². The zero-order valence-corrected chi connectivity index (χ0v) is 28.1. The number of esters is 2. The quantitative estimate of drug-likeness (QED) is 0.218. The van der Waals surface area contributed by atoms with Crippen molar-refractivity contribution in [2.45, 2.75) is 31.9 Å². The SMILES string of the molecule is COc1cc(N2CCC(N(C)C)C2)c(NC(=O)/C2=C/OC(=O)/C=C/C(=O)O2)cc1Nc1nccc(Nc2cc(Cl)c(F)cc2C(C)(C)O)n1. The van der Waals surface area contributed by atoms with Crippen LogP contribution in [0.1, 0.15) is 25.8 Å². The summed E-state index contributed by atoms with van der Waals surface area (Å²) in [7, 11) is 5.48. The summed E-state index contributed by atoms with van der Waals surface area (Å²) < 4.78 is 29.9. The number of halogens is 2. The van der Waals surface area contributed by atoms with Crippen LogP contribution in [-0.4, -0.2) is 78.2 Å². The Labute approximate surface area is 286 Å². The summed E-state index contributed by atoms with van der Waals surface area (Å²) >= 11 is 6.04. The number of ether oxygens (including phenoxy) is 3. The first-order valence-electron chi connectivity index (χ1n) is 15.1. The van der Waals surface area contributed by atoms with Crippen LogP contribution in [0, 0.1) is 5.82 Å². The molecule has 0 saturated carbocycles. The van der Waals surface area contributed by atoms with Crippen molar-refractivity contribution in [3.63, 3.8) is 0 Å². The Morgan fingerprint density at radius 1 is 1.12 bits per heavy atom. The number of anilines is 6. The fraction of sp³-hybridized carbons (Fsp3) is 0.303. The normalized spacial score (nSPS) is 18.1. The molecule has 1 fully saturated rings. The van der Waals surface area contributed by atoms with E-state index in [2.05, 4.69) is 35.7 Å². The third-order valence-corrected chi connectivity index (χ3v) is 8.05. The summed E-state index contributed by atoms with van der Waals surface area (Å²) in [6.45, 7) is 4.37. The van der Waals surface area contributed by atoms with Crippen LogP contribution in [0.5, 0.6) is 5.75 Å². The van der Waals surface area contributed by atoms with E-state index >= 15 is 0 Å². The molecule has 49 heavy (non-hydrogen) atoms. The topological polar surface area (TPSA) is 167 Å². The Kier molecular flexibility index (Phi) is 10.4. The molecule has 5 rings (SSSR count). The van der Waals surface area contributed by atoms with Crippen molar-refractivity contribution in [1.29, 1.82) is 0 Å². The number of aliphatic hydroxyl groups is 1. The molecule has 1 amide bonds. The molecule has 16 heteroatoms. The Morgan fingerprint density at radius 3 is 2.57 bits per heavy atom. The number of likely N-dealkylation sites (N-methyl/N-ethyl adjacent to an activating group) is 1. The van der Waals surface area contributed by atoms with Crippen molar-refractivity contribution in [2.75, 3.05) is 55.1 Å². The Bertz CT molecular complexity index is 1840. The van der Waals surface area contributed by atoms with Crippen molar-refractivity contribution >= 4 is 64.0 Å². The summed E-state index contributed by atoms with van der Waals surface area (Å²) in [5, 5.41) is 19.4. The van der Waals surface area contributed by atoms with Crippen LogP contribution in [0.2, 0.25) is 5.02 Å². The van der Waals surface area contributed by atoms with Gasteiger partial charge in [0.1, 0.15) is 23.6 Å². The number of cyclic esters (lactones) is 2. The molecule has 258 valence electrons. The second-order valence-corrected chi connectivity index (χ2v) is 12.3. The van der Waals surface area contributed by atoms with E-state index in [1.807, 2.05) is 14.1 Å². The monoisotopic (exact) mass is 695 g/mol. The van der Waals surface area contributed by atoms with Crippen LogP contribution in [0.15, 0.2) is 60.7 Å². The highest BCUT2D eigenvalue weighted by Crippen LogP contribution is 2.40. The van der Waals surface area contributed by atoms with Crippen molar-refractivity contribution in [1.82, 2.24) is 14.9 Å². The lowest BCUT2D eigenvalue weighted by molar-refractivity contribution is -0.140. The fourth-order valence-electron chi connectivity index (χ4n) is 5.22.